The van der Waals surface area contributed by atoms with Crippen LogP contribution in [-0.4, -0.2) is 14.9 Å². The van der Waals surface area contributed by atoms with Gasteiger partial charge < -0.3 is 5.73 Å². The molecule has 0 saturated carbocycles. The predicted octanol–water partition coefficient (Wildman–Crippen LogP) is 2.54. The number of nitro groups is 1. The number of benzene rings is 1. The van der Waals surface area contributed by atoms with Gasteiger partial charge in [0.05, 0.1) is 9.40 Å². The van der Waals surface area contributed by atoms with E-state index in [0.717, 1.165) is 6.20 Å². The summed E-state index contributed by atoms with van der Waals surface area (Å²) in [5, 5.41) is 10.9. The molecule has 0 fully saturated rings. The molecule has 2 rings (SSSR count). The second-order valence-electron chi connectivity index (χ2n) is 3.32. The summed E-state index contributed by atoms with van der Waals surface area (Å²) in [6.07, 6.45) is 0.956. The molecule has 6 nitrogen and oxygen atoms in total. The average Bonchev–Trinajstić information content (AvgIpc) is 2.32. The summed E-state index contributed by atoms with van der Waals surface area (Å²) in [6, 6.07) is 4.41. The minimum Gasteiger partial charge on any atom is -0.368 e. The van der Waals surface area contributed by atoms with E-state index in [1.54, 1.807) is 6.07 Å². The molecule has 1 aromatic carbocycles. The van der Waals surface area contributed by atoms with E-state index in [0.29, 0.717) is 0 Å². The van der Waals surface area contributed by atoms with E-state index in [1.807, 2.05) is 0 Å². The molecule has 0 saturated heterocycles. The highest BCUT2D eigenvalue weighted by atomic mass is 79.9. The number of anilines is 1. The van der Waals surface area contributed by atoms with Gasteiger partial charge in [-0.2, -0.15) is 0 Å². The summed E-state index contributed by atoms with van der Waals surface area (Å²) in [7, 11) is 0. The van der Waals surface area contributed by atoms with Crippen LogP contribution in [-0.2, 0) is 0 Å². The Kier molecular flexibility index (Phi) is 3.19. The fourth-order valence-electron chi connectivity index (χ4n) is 1.41. The summed E-state index contributed by atoms with van der Waals surface area (Å²) >= 11 is 3.00. The van der Waals surface area contributed by atoms with Gasteiger partial charge in [0.15, 0.2) is 5.69 Å². The van der Waals surface area contributed by atoms with Crippen molar-refractivity contribution in [2.24, 2.45) is 0 Å². The molecule has 0 atom stereocenters. The highest BCUT2D eigenvalue weighted by Crippen LogP contribution is 2.32. The van der Waals surface area contributed by atoms with Crippen LogP contribution in [0.3, 0.4) is 0 Å². The van der Waals surface area contributed by atoms with Crippen molar-refractivity contribution in [3.8, 4) is 11.3 Å². The fourth-order valence-corrected chi connectivity index (χ4v) is 1.77. The van der Waals surface area contributed by atoms with Gasteiger partial charge >= 0.3 is 5.69 Å². The zero-order valence-corrected chi connectivity index (χ0v) is 10.4. The Balaban J connectivity index is 2.73. The van der Waals surface area contributed by atoms with Gasteiger partial charge in [-0.05, 0) is 28.1 Å². The van der Waals surface area contributed by atoms with Crippen molar-refractivity contribution in [1.29, 1.82) is 0 Å². The van der Waals surface area contributed by atoms with Crippen LogP contribution in [0.5, 0.6) is 0 Å². The normalized spacial score (nSPS) is 10.3. The van der Waals surface area contributed by atoms with Crippen LogP contribution in [0.2, 0.25) is 0 Å². The Morgan fingerprint density at radius 1 is 1.44 bits per heavy atom. The van der Waals surface area contributed by atoms with E-state index in [4.69, 9.17) is 5.73 Å². The number of nitrogens with zero attached hydrogens (tertiary/aromatic N) is 3. The van der Waals surface area contributed by atoms with Gasteiger partial charge in [0.1, 0.15) is 12.0 Å². The minimum absolute atomic E-state index is 0.00910. The van der Waals surface area contributed by atoms with Crippen LogP contribution in [0.1, 0.15) is 0 Å². The van der Waals surface area contributed by atoms with Gasteiger partial charge in [-0.3, -0.25) is 10.1 Å². The molecule has 0 aliphatic rings. The van der Waals surface area contributed by atoms with Crippen LogP contribution in [0.25, 0.3) is 11.3 Å². The second-order valence-corrected chi connectivity index (χ2v) is 4.17. The molecule has 8 heteroatoms. The van der Waals surface area contributed by atoms with E-state index < -0.39 is 16.4 Å². The van der Waals surface area contributed by atoms with Crippen LogP contribution >= 0.6 is 15.9 Å². The molecule has 0 radical (unpaired) electrons. The first-order valence-corrected chi connectivity index (χ1v) is 5.51. The lowest BCUT2D eigenvalue weighted by Gasteiger charge is -2.05. The lowest BCUT2D eigenvalue weighted by Crippen LogP contribution is -2.02. The topological polar surface area (TPSA) is 94.9 Å². The van der Waals surface area contributed by atoms with Crippen LogP contribution in [0.4, 0.5) is 16.0 Å². The molecule has 1 aromatic heterocycles. The van der Waals surface area contributed by atoms with E-state index in [9.17, 15) is 14.5 Å². The number of hydrogen-bond acceptors (Lipinski definition) is 5. The van der Waals surface area contributed by atoms with Crippen molar-refractivity contribution >= 4 is 27.6 Å². The van der Waals surface area contributed by atoms with E-state index in [-0.39, 0.29) is 21.7 Å². The first-order chi connectivity index (χ1) is 8.50. The molecule has 0 aliphatic carbocycles. The summed E-state index contributed by atoms with van der Waals surface area (Å²) in [5.74, 6) is -0.798. The van der Waals surface area contributed by atoms with Crippen molar-refractivity contribution < 1.29 is 9.31 Å². The minimum atomic E-state index is -0.685. The van der Waals surface area contributed by atoms with Crippen molar-refractivity contribution in [2.45, 2.75) is 0 Å². The monoisotopic (exact) mass is 312 g/mol. The third-order valence-corrected chi connectivity index (χ3v) is 2.80. The Bertz CT molecular complexity index is 635. The molecule has 0 aliphatic heterocycles. The molecular formula is C10H6BrFN4O2. The number of halogens is 2. The van der Waals surface area contributed by atoms with Gasteiger partial charge in [-0.15, -0.1) is 0 Å². The van der Waals surface area contributed by atoms with Crippen molar-refractivity contribution in [2.75, 3.05) is 5.73 Å². The molecule has 1 heterocycles. The summed E-state index contributed by atoms with van der Waals surface area (Å²) in [5.41, 5.74) is 4.82. The van der Waals surface area contributed by atoms with Crippen LogP contribution in [0.15, 0.2) is 28.9 Å². The van der Waals surface area contributed by atoms with Gasteiger partial charge in [-0.25, -0.2) is 14.4 Å². The zero-order chi connectivity index (χ0) is 13.3. The van der Waals surface area contributed by atoms with E-state index in [2.05, 4.69) is 25.9 Å². The van der Waals surface area contributed by atoms with Crippen molar-refractivity contribution in [3.63, 3.8) is 0 Å². The molecule has 0 unspecified atom stereocenters. The second kappa shape index (κ2) is 4.65. The van der Waals surface area contributed by atoms with E-state index in [1.165, 1.54) is 12.1 Å². The van der Waals surface area contributed by atoms with Gasteiger partial charge in [-0.1, -0.05) is 6.07 Å². The zero-order valence-electron chi connectivity index (χ0n) is 8.80. The van der Waals surface area contributed by atoms with Gasteiger partial charge in [0, 0.05) is 5.56 Å². The lowest BCUT2D eigenvalue weighted by molar-refractivity contribution is -0.384. The first kappa shape index (κ1) is 12.4. The molecule has 92 valence electrons. The Hall–Kier alpha value is -2.09. The highest BCUT2D eigenvalue weighted by molar-refractivity contribution is 9.10. The maximum absolute atomic E-state index is 13.9. The first-order valence-electron chi connectivity index (χ1n) is 4.72. The van der Waals surface area contributed by atoms with E-state index >= 15 is 0 Å². The average molecular weight is 313 g/mol. The molecule has 2 aromatic rings. The molecule has 18 heavy (non-hydrogen) atoms. The number of nitrogen functional groups attached to an aromatic ring is 1. The fraction of sp³-hybridized carbons (Fsp3) is 0. The standard InChI is InChI=1S/C10H6BrFN4O2/c11-6-3-1-2-5(8(6)12)9-7(16(17)18)4-14-10(13)15-9/h1-4H,(H2,13,14,15). The summed E-state index contributed by atoms with van der Waals surface area (Å²) in [4.78, 5) is 17.4. The SMILES string of the molecule is Nc1ncc([N+](=O)[O-])c(-c2cccc(Br)c2F)n1. The molecular weight excluding hydrogens is 307 g/mol. The Morgan fingerprint density at radius 3 is 2.83 bits per heavy atom. The third kappa shape index (κ3) is 2.14. The summed E-state index contributed by atoms with van der Waals surface area (Å²) < 4.78 is 14.1. The number of rotatable bonds is 2. The molecule has 0 amide bonds. The molecule has 0 spiro atoms. The van der Waals surface area contributed by atoms with Gasteiger partial charge in [0.25, 0.3) is 0 Å². The van der Waals surface area contributed by atoms with Crippen LogP contribution in [0, 0.1) is 15.9 Å². The quantitative estimate of drug-likeness (QED) is 0.679. The van der Waals surface area contributed by atoms with Crippen molar-refractivity contribution in [3.05, 3.63) is 44.8 Å². The predicted molar refractivity (Wildman–Crippen MR) is 66.2 cm³/mol. The molecule has 0 bridgehead atoms. The number of aromatic nitrogens is 2. The number of hydrogen-bond donors (Lipinski definition) is 1. The largest absolute Gasteiger partial charge is 0.368 e. The maximum atomic E-state index is 13.9. The van der Waals surface area contributed by atoms with Crippen molar-refractivity contribution in [1.82, 2.24) is 9.97 Å². The lowest BCUT2D eigenvalue weighted by atomic mass is 10.1. The molecule has 2 N–H and O–H groups in total. The van der Waals surface area contributed by atoms with Gasteiger partial charge in [0.2, 0.25) is 5.95 Å². The summed E-state index contributed by atoms with van der Waals surface area (Å²) in [6.45, 7) is 0. The smallest absolute Gasteiger partial charge is 0.313 e. The number of nitrogens with two attached hydrogens (primary N) is 1. The van der Waals surface area contributed by atoms with Crippen LogP contribution < -0.4 is 5.73 Å². The Labute approximate surface area is 109 Å². The highest BCUT2D eigenvalue weighted by Gasteiger charge is 2.21. The third-order valence-electron chi connectivity index (χ3n) is 2.19. The Morgan fingerprint density at radius 2 is 2.17 bits per heavy atom. The maximum Gasteiger partial charge on any atom is 0.313 e.